The van der Waals surface area contributed by atoms with E-state index in [4.69, 9.17) is 15.8 Å². The molecule has 3 aromatic carbocycles. The maximum Gasteiger partial charge on any atom is 0.339 e. The Hall–Kier alpha value is -3.76. The summed E-state index contributed by atoms with van der Waals surface area (Å²) in [6.07, 6.45) is 1.37. The average molecular weight is 474 g/mol. The number of hydrogen-bond donors (Lipinski definition) is 1. The van der Waals surface area contributed by atoms with Crippen molar-refractivity contribution in [2.75, 3.05) is 0 Å². The van der Waals surface area contributed by atoms with Gasteiger partial charge in [-0.3, -0.25) is 14.9 Å². The van der Waals surface area contributed by atoms with E-state index in [1.807, 2.05) is 0 Å². The molecule has 0 saturated heterocycles. The number of nitro benzene ring substituents is 1. The van der Waals surface area contributed by atoms with Gasteiger partial charge in [0.05, 0.1) is 11.1 Å². The molecular formula is C21H16ClN3O6S. The Balaban J connectivity index is 1.66. The number of hydrogen-bond acceptors (Lipinski definition) is 7. The molecule has 0 spiro atoms. The molecule has 0 saturated carbocycles. The van der Waals surface area contributed by atoms with Gasteiger partial charge in [0.25, 0.3) is 11.6 Å². The molecule has 0 aliphatic rings. The van der Waals surface area contributed by atoms with Crippen molar-refractivity contribution in [1.29, 1.82) is 0 Å². The highest BCUT2D eigenvalue weighted by atomic mass is 35.5. The smallest absolute Gasteiger partial charge is 0.339 e. The first-order chi connectivity index (χ1) is 15.2. The molecule has 9 nitrogen and oxygen atoms in total. The minimum atomic E-state index is -4.27. The average Bonchev–Trinajstić information content (AvgIpc) is 2.74. The highest BCUT2D eigenvalue weighted by Crippen LogP contribution is 2.25. The fourth-order valence-corrected chi connectivity index (χ4v) is 3.73. The molecule has 0 aromatic heterocycles. The summed E-state index contributed by atoms with van der Waals surface area (Å²) in [5.74, 6) is -0.435. The van der Waals surface area contributed by atoms with E-state index in [1.165, 1.54) is 55.6 Å². The number of amides is 1. The van der Waals surface area contributed by atoms with Crippen molar-refractivity contribution >= 4 is 39.5 Å². The number of benzene rings is 3. The molecule has 0 aliphatic heterocycles. The molecule has 0 heterocycles. The predicted molar refractivity (Wildman–Crippen MR) is 119 cm³/mol. The van der Waals surface area contributed by atoms with Gasteiger partial charge in [0.15, 0.2) is 0 Å². The summed E-state index contributed by atoms with van der Waals surface area (Å²) in [4.78, 5) is 22.1. The van der Waals surface area contributed by atoms with Gasteiger partial charge in [0.2, 0.25) is 0 Å². The fourth-order valence-electron chi connectivity index (χ4n) is 2.59. The van der Waals surface area contributed by atoms with Crippen molar-refractivity contribution in [1.82, 2.24) is 5.43 Å². The molecule has 0 aliphatic carbocycles. The first kappa shape index (κ1) is 22.9. The Kier molecular flexibility index (Phi) is 6.86. The quantitative estimate of drug-likeness (QED) is 0.238. The SMILES string of the molecule is Cc1ccc(S(=O)(=O)Oc2ccc(C=NNC(=O)c3cccc(Cl)c3)cc2)cc1[N+](=O)[O-]. The van der Waals surface area contributed by atoms with E-state index in [1.54, 1.807) is 18.2 Å². The number of nitro groups is 1. The zero-order valence-corrected chi connectivity index (χ0v) is 18.1. The maximum absolute atomic E-state index is 12.5. The Morgan fingerprint density at radius 2 is 1.84 bits per heavy atom. The normalized spacial score (nSPS) is 11.3. The van der Waals surface area contributed by atoms with Crippen LogP contribution in [0.25, 0.3) is 0 Å². The van der Waals surface area contributed by atoms with Crippen molar-refractivity contribution in [3.05, 3.63) is 98.6 Å². The highest BCUT2D eigenvalue weighted by Gasteiger charge is 2.21. The topological polar surface area (TPSA) is 128 Å². The summed E-state index contributed by atoms with van der Waals surface area (Å²) in [7, 11) is -4.27. The van der Waals surface area contributed by atoms with Crippen LogP contribution < -0.4 is 9.61 Å². The molecule has 3 aromatic rings. The Morgan fingerprint density at radius 1 is 1.12 bits per heavy atom. The molecule has 1 N–H and O–H groups in total. The number of nitrogens with zero attached hydrogens (tertiary/aromatic N) is 2. The van der Waals surface area contributed by atoms with Crippen molar-refractivity contribution in [3.8, 4) is 5.75 Å². The summed E-state index contributed by atoms with van der Waals surface area (Å²) in [6, 6.07) is 15.7. The molecule has 0 fully saturated rings. The number of hydrazone groups is 1. The van der Waals surface area contributed by atoms with Gasteiger partial charge < -0.3 is 4.18 Å². The van der Waals surface area contributed by atoms with Crippen LogP contribution >= 0.6 is 11.6 Å². The summed E-state index contributed by atoms with van der Waals surface area (Å²) in [5.41, 5.74) is 3.28. The van der Waals surface area contributed by atoms with Crippen LogP contribution in [-0.2, 0) is 10.1 Å². The van der Waals surface area contributed by atoms with E-state index in [9.17, 15) is 23.3 Å². The van der Waals surface area contributed by atoms with Gasteiger partial charge in [-0.1, -0.05) is 23.7 Å². The lowest BCUT2D eigenvalue weighted by molar-refractivity contribution is -0.385. The van der Waals surface area contributed by atoms with Crippen molar-refractivity contribution < 1.29 is 22.3 Å². The third-order valence-electron chi connectivity index (χ3n) is 4.22. The van der Waals surface area contributed by atoms with Crippen LogP contribution in [0.2, 0.25) is 5.02 Å². The lowest BCUT2D eigenvalue weighted by Gasteiger charge is -2.08. The lowest BCUT2D eigenvalue weighted by Crippen LogP contribution is -2.17. The number of carbonyl (C=O) groups excluding carboxylic acids is 1. The molecule has 0 atom stereocenters. The van der Waals surface area contributed by atoms with E-state index in [0.717, 1.165) is 6.07 Å². The minimum Gasteiger partial charge on any atom is -0.379 e. The van der Waals surface area contributed by atoms with E-state index in [2.05, 4.69) is 10.5 Å². The van der Waals surface area contributed by atoms with E-state index < -0.39 is 20.9 Å². The summed E-state index contributed by atoms with van der Waals surface area (Å²) < 4.78 is 30.0. The summed E-state index contributed by atoms with van der Waals surface area (Å²) in [6.45, 7) is 1.51. The maximum atomic E-state index is 12.5. The van der Waals surface area contributed by atoms with E-state index in [-0.39, 0.29) is 16.3 Å². The van der Waals surface area contributed by atoms with Gasteiger partial charge in [-0.15, -0.1) is 0 Å². The molecule has 1 amide bonds. The molecule has 0 unspecified atom stereocenters. The molecule has 164 valence electrons. The van der Waals surface area contributed by atoms with Crippen LogP contribution in [0.3, 0.4) is 0 Å². The monoisotopic (exact) mass is 473 g/mol. The zero-order chi connectivity index (χ0) is 23.3. The van der Waals surface area contributed by atoms with Crippen molar-refractivity contribution in [3.63, 3.8) is 0 Å². The molecular weight excluding hydrogens is 458 g/mol. The Labute approximate surface area is 188 Å². The predicted octanol–water partition coefficient (Wildman–Crippen LogP) is 4.09. The number of aryl methyl sites for hydroxylation is 1. The second kappa shape index (κ2) is 9.58. The Morgan fingerprint density at radius 3 is 2.50 bits per heavy atom. The van der Waals surface area contributed by atoms with Crippen LogP contribution in [-0.4, -0.2) is 25.5 Å². The van der Waals surface area contributed by atoms with E-state index in [0.29, 0.717) is 21.7 Å². The number of nitrogens with one attached hydrogen (secondary N) is 1. The lowest BCUT2D eigenvalue weighted by atomic mass is 10.2. The van der Waals surface area contributed by atoms with Gasteiger partial charge >= 0.3 is 10.1 Å². The van der Waals surface area contributed by atoms with Crippen LogP contribution in [0.4, 0.5) is 5.69 Å². The number of halogens is 1. The van der Waals surface area contributed by atoms with Crippen LogP contribution in [0.5, 0.6) is 5.75 Å². The van der Waals surface area contributed by atoms with Gasteiger partial charge in [-0.2, -0.15) is 13.5 Å². The number of rotatable bonds is 7. The summed E-state index contributed by atoms with van der Waals surface area (Å²) in [5, 5.41) is 15.3. The number of carbonyl (C=O) groups is 1. The van der Waals surface area contributed by atoms with Crippen LogP contribution in [0.15, 0.2) is 76.7 Å². The standard InChI is InChI=1S/C21H16ClN3O6S/c1-14-5-10-19(12-20(14)25(27)28)32(29,30)31-18-8-6-15(7-9-18)13-23-24-21(26)16-3-2-4-17(22)11-16/h2-13H,1H3,(H,24,26). The second-order valence-electron chi connectivity index (χ2n) is 6.52. The van der Waals surface area contributed by atoms with Crippen LogP contribution in [0, 0.1) is 17.0 Å². The van der Waals surface area contributed by atoms with Crippen molar-refractivity contribution in [2.24, 2.45) is 5.10 Å². The van der Waals surface area contributed by atoms with Crippen LogP contribution in [0.1, 0.15) is 21.5 Å². The van der Waals surface area contributed by atoms with Gasteiger partial charge in [0, 0.05) is 22.2 Å². The minimum absolute atomic E-state index is 0.00772. The third kappa shape index (κ3) is 5.68. The highest BCUT2D eigenvalue weighted by molar-refractivity contribution is 7.87. The molecule has 0 bridgehead atoms. The second-order valence-corrected chi connectivity index (χ2v) is 8.50. The van der Waals surface area contributed by atoms with Gasteiger partial charge in [-0.25, -0.2) is 5.43 Å². The fraction of sp³-hybridized carbons (Fsp3) is 0.0476. The van der Waals surface area contributed by atoms with E-state index >= 15 is 0 Å². The Bertz CT molecular complexity index is 1310. The largest absolute Gasteiger partial charge is 0.379 e. The van der Waals surface area contributed by atoms with Crippen molar-refractivity contribution in [2.45, 2.75) is 11.8 Å². The summed E-state index contributed by atoms with van der Waals surface area (Å²) >= 11 is 5.84. The first-order valence-electron chi connectivity index (χ1n) is 9.04. The third-order valence-corrected chi connectivity index (χ3v) is 5.70. The molecule has 0 radical (unpaired) electrons. The van der Waals surface area contributed by atoms with Gasteiger partial charge in [0.1, 0.15) is 10.6 Å². The molecule has 3 rings (SSSR count). The van der Waals surface area contributed by atoms with Gasteiger partial charge in [-0.05, 0) is 61.0 Å². The molecule has 32 heavy (non-hydrogen) atoms. The molecule has 11 heteroatoms. The first-order valence-corrected chi connectivity index (χ1v) is 10.8. The zero-order valence-electron chi connectivity index (χ0n) is 16.6.